The van der Waals surface area contributed by atoms with Gasteiger partial charge in [-0.3, -0.25) is 4.79 Å². The van der Waals surface area contributed by atoms with E-state index in [1.54, 1.807) is 0 Å². The van der Waals surface area contributed by atoms with Crippen LogP contribution in [0.15, 0.2) is 59.1 Å². The zero-order valence-corrected chi connectivity index (χ0v) is 23.5. The molecule has 1 amide bonds. The molecule has 1 fully saturated rings. The quantitative estimate of drug-likeness (QED) is 0.330. The SMILES string of the molecule is Cc1ccc(C(=O)N(Cc2ccc(-c3cc(C(C)(C)C)no3)cc2)C2CCN(CCC(C)C)CC2)cc1. The van der Waals surface area contributed by atoms with Crippen LogP contribution in [0.1, 0.15) is 81.1 Å². The van der Waals surface area contributed by atoms with Crippen molar-refractivity contribution in [1.82, 2.24) is 15.0 Å². The van der Waals surface area contributed by atoms with Crippen molar-refractivity contribution in [2.45, 2.75) is 78.8 Å². The number of rotatable bonds is 8. The lowest BCUT2D eigenvalue weighted by Gasteiger charge is -2.39. The van der Waals surface area contributed by atoms with E-state index in [-0.39, 0.29) is 17.4 Å². The van der Waals surface area contributed by atoms with E-state index in [1.165, 1.54) is 12.0 Å². The molecule has 2 aromatic carbocycles. The number of aryl methyl sites for hydroxylation is 1. The maximum Gasteiger partial charge on any atom is 0.254 e. The summed E-state index contributed by atoms with van der Waals surface area (Å²) in [5.74, 6) is 1.62. The minimum absolute atomic E-state index is 0.0527. The standard InChI is InChI=1S/C32H43N3O2/c1-23(2)15-18-34-19-16-28(17-20-34)35(31(36)27-11-7-24(3)8-12-27)22-25-9-13-26(14-10-25)29-21-30(33-37-29)32(4,5)6/h7-14,21,23,28H,15-20,22H2,1-6H3. The van der Waals surface area contributed by atoms with Crippen LogP contribution in [-0.4, -0.2) is 46.5 Å². The van der Waals surface area contributed by atoms with Crippen LogP contribution in [0.5, 0.6) is 0 Å². The van der Waals surface area contributed by atoms with Crippen molar-refractivity contribution < 1.29 is 9.32 Å². The minimum atomic E-state index is -0.0527. The van der Waals surface area contributed by atoms with E-state index in [0.29, 0.717) is 6.54 Å². The van der Waals surface area contributed by atoms with Crippen LogP contribution >= 0.6 is 0 Å². The summed E-state index contributed by atoms with van der Waals surface area (Å²) in [6, 6.07) is 18.6. The summed E-state index contributed by atoms with van der Waals surface area (Å²) >= 11 is 0. The fourth-order valence-corrected chi connectivity index (χ4v) is 4.86. The smallest absolute Gasteiger partial charge is 0.254 e. The summed E-state index contributed by atoms with van der Waals surface area (Å²) in [4.78, 5) is 18.4. The van der Waals surface area contributed by atoms with E-state index in [2.05, 4.69) is 80.8 Å². The Kier molecular flexibility index (Phi) is 8.53. The number of likely N-dealkylation sites (tertiary alicyclic amines) is 1. The molecule has 1 aliphatic heterocycles. The highest BCUT2D eigenvalue weighted by Crippen LogP contribution is 2.28. The fourth-order valence-electron chi connectivity index (χ4n) is 4.86. The largest absolute Gasteiger partial charge is 0.356 e. The lowest BCUT2D eigenvalue weighted by atomic mass is 9.92. The molecule has 0 bridgehead atoms. The van der Waals surface area contributed by atoms with Gasteiger partial charge in [0, 0.05) is 48.3 Å². The second-order valence-corrected chi connectivity index (χ2v) is 12.1. The first-order valence-corrected chi connectivity index (χ1v) is 13.8. The minimum Gasteiger partial charge on any atom is -0.356 e. The van der Waals surface area contributed by atoms with Gasteiger partial charge in [0.25, 0.3) is 5.91 Å². The highest BCUT2D eigenvalue weighted by Gasteiger charge is 2.29. The Morgan fingerprint density at radius 1 is 1.05 bits per heavy atom. The number of hydrogen-bond donors (Lipinski definition) is 0. The summed E-state index contributed by atoms with van der Waals surface area (Å²) < 4.78 is 5.62. The third-order valence-electron chi connectivity index (χ3n) is 7.45. The third-order valence-corrected chi connectivity index (χ3v) is 7.45. The molecule has 0 unspecified atom stereocenters. The summed E-state index contributed by atoms with van der Waals surface area (Å²) in [6.07, 6.45) is 3.26. The Labute approximate surface area is 222 Å². The van der Waals surface area contributed by atoms with Crippen LogP contribution in [0.25, 0.3) is 11.3 Å². The number of amides is 1. The first-order chi connectivity index (χ1) is 17.6. The Morgan fingerprint density at radius 3 is 2.27 bits per heavy atom. The molecule has 5 nitrogen and oxygen atoms in total. The molecule has 5 heteroatoms. The topological polar surface area (TPSA) is 49.6 Å². The average Bonchev–Trinajstić information content (AvgIpc) is 3.38. The normalized spacial score (nSPS) is 15.3. The van der Waals surface area contributed by atoms with Gasteiger partial charge < -0.3 is 14.3 Å². The monoisotopic (exact) mass is 501 g/mol. The number of nitrogens with zero attached hydrogens (tertiary/aromatic N) is 3. The molecule has 2 heterocycles. The first-order valence-electron chi connectivity index (χ1n) is 13.8. The summed E-state index contributed by atoms with van der Waals surface area (Å²) in [5.41, 5.74) is 4.95. The van der Waals surface area contributed by atoms with Gasteiger partial charge in [0.1, 0.15) is 0 Å². The lowest BCUT2D eigenvalue weighted by Crippen LogP contribution is -2.47. The number of aromatic nitrogens is 1. The van der Waals surface area contributed by atoms with Crippen LogP contribution < -0.4 is 0 Å². The van der Waals surface area contributed by atoms with Gasteiger partial charge in [-0.25, -0.2) is 0 Å². The van der Waals surface area contributed by atoms with Gasteiger partial charge in [0.05, 0.1) is 5.69 Å². The van der Waals surface area contributed by atoms with Crippen LogP contribution in [0, 0.1) is 12.8 Å². The molecule has 198 valence electrons. The van der Waals surface area contributed by atoms with Crippen molar-refractivity contribution in [1.29, 1.82) is 0 Å². The van der Waals surface area contributed by atoms with Gasteiger partial charge in [-0.2, -0.15) is 0 Å². The molecule has 1 saturated heterocycles. The van der Waals surface area contributed by atoms with E-state index in [1.807, 2.05) is 30.3 Å². The Balaban J connectivity index is 1.50. The zero-order valence-electron chi connectivity index (χ0n) is 23.5. The van der Waals surface area contributed by atoms with Crippen LogP contribution in [0.4, 0.5) is 0 Å². The highest BCUT2D eigenvalue weighted by molar-refractivity contribution is 5.94. The predicted molar refractivity (Wildman–Crippen MR) is 151 cm³/mol. The van der Waals surface area contributed by atoms with Gasteiger partial charge in [-0.1, -0.05) is 81.7 Å². The number of hydrogen-bond acceptors (Lipinski definition) is 4. The second-order valence-electron chi connectivity index (χ2n) is 12.1. The Hall–Kier alpha value is -2.92. The third kappa shape index (κ3) is 7.10. The van der Waals surface area contributed by atoms with Crippen molar-refractivity contribution >= 4 is 5.91 Å². The molecule has 0 spiro atoms. The van der Waals surface area contributed by atoms with Gasteiger partial charge in [0.15, 0.2) is 5.76 Å². The summed E-state index contributed by atoms with van der Waals surface area (Å²) in [5, 5.41) is 4.26. The lowest BCUT2D eigenvalue weighted by molar-refractivity contribution is 0.0546. The zero-order chi connectivity index (χ0) is 26.6. The average molecular weight is 502 g/mol. The molecule has 0 atom stereocenters. The Morgan fingerprint density at radius 2 is 1.70 bits per heavy atom. The number of carbonyl (C=O) groups is 1. The maximum atomic E-state index is 13.7. The summed E-state index contributed by atoms with van der Waals surface area (Å²) in [6.45, 7) is 16.9. The first kappa shape index (κ1) is 27.1. The Bertz CT molecular complexity index is 1150. The van der Waals surface area contributed by atoms with Gasteiger partial charge in [-0.05, 0) is 56.3 Å². The van der Waals surface area contributed by atoms with Crippen molar-refractivity contribution in [2.75, 3.05) is 19.6 Å². The van der Waals surface area contributed by atoms with Crippen LogP contribution in [0.2, 0.25) is 0 Å². The number of benzene rings is 2. The predicted octanol–water partition coefficient (Wildman–Crippen LogP) is 7.10. The number of piperidine rings is 1. The molecule has 37 heavy (non-hydrogen) atoms. The van der Waals surface area contributed by atoms with Crippen molar-refractivity contribution in [2.24, 2.45) is 5.92 Å². The molecule has 1 aliphatic rings. The molecule has 4 rings (SSSR count). The van der Waals surface area contributed by atoms with E-state index in [0.717, 1.165) is 66.5 Å². The van der Waals surface area contributed by atoms with E-state index < -0.39 is 0 Å². The molecule has 1 aromatic heterocycles. The van der Waals surface area contributed by atoms with Crippen molar-refractivity contribution in [3.05, 3.63) is 77.0 Å². The van der Waals surface area contributed by atoms with Crippen molar-refractivity contribution in [3.8, 4) is 11.3 Å². The van der Waals surface area contributed by atoms with Gasteiger partial charge >= 0.3 is 0 Å². The van der Waals surface area contributed by atoms with Gasteiger partial charge in [-0.15, -0.1) is 0 Å². The molecular weight excluding hydrogens is 458 g/mol. The van der Waals surface area contributed by atoms with Crippen LogP contribution in [0.3, 0.4) is 0 Å². The fraction of sp³-hybridized carbons (Fsp3) is 0.500. The van der Waals surface area contributed by atoms with E-state index >= 15 is 0 Å². The van der Waals surface area contributed by atoms with Crippen molar-refractivity contribution in [3.63, 3.8) is 0 Å². The molecule has 0 aliphatic carbocycles. The molecule has 0 N–H and O–H groups in total. The molecule has 0 radical (unpaired) electrons. The van der Waals surface area contributed by atoms with E-state index in [9.17, 15) is 4.79 Å². The van der Waals surface area contributed by atoms with E-state index in [4.69, 9.17) is 4.52 Å². The molecular formula is C32H43N3O2. The molecule has 3 aromatic rings. The highest BCUT2D eigenvalue weighted by atomic mass is 16.5. The summed E-state index contributed by atoms with van der Waals surface area (Å²) in [7, 11) is 0. The second kappa shape index (κ2) is 11.6. The maximum absolute atomic E-state index is 13.7. The van der Waals surface area contributed by atoms with Gasteiger partial charge in [0.2, 0.25) is 0 Å². The van der Waals surface area contributed by atoms with Crippen LogP contribution in [-0.2, 0) is 12.0 Å². The number of carbonyl (C=O) groups excluding carboxylic acids is 1. The molecule has 0 saturated carbocycles.